The van der Waals surface area contributed by atoms with E-state index in [1.165, 1.54) is 4.68 Å². The van der Waals surface area contributed by atoms with E-state index >= 15 is 0 Å². The number of alkyl carbamates (subject to hydrolysis) is 1. The highest BCUT2D eigenvalue weighted by Gasteiger charge is 2.15. The molecule has 1 amide bonds. The van der Waals surface area contributed by atoms with E-state index < -0.39 is 11.7 Å². The number of nitrogens with zero attached hydrogens (tertiary/aromatic N) is 2. The molecule has 0 fully saturated rings. The van der Waals surface area contributed by atoms with Crippen molar-refractivity contribution in [3.8, 4) is 0 Å². The second kappa shape index (κ2) is 10.6. The molecule has 2 N–H and O–H groups in total. The summed E-state index contributed by atoms with van der Waals surface area (Å²) in [5, 5.41) is 12.6. The van der Waals surface area contributed by atoms with Gasteiger partial charge in [-0.05, 0) is 57.5 Å². The number of carbonyl (C=O) groups is 1. The molecular formula is C24H29ClN4O3. The molecule has 0 unspecified atom stereocenters. The predicted octanol–water partition coefficient (Wildman–Crippen LogP) is 4.10. The third-order valence-electron chi connectivity index (χ3n) is 4.66. The molecule has 0 spiro atoms. The summed E-state index contributed by atoms with van der Waals surface area (Å²) in [7, 11) is 0. The maximum atomic E-state index is 13.0. The third-order valence-corrected chi connectivity index (χ3v) is 4.90. The van der Waals surface area contributed by atoms with Gasteiger partial charge in [0.1, 0.15) is 5.60 Å². The number of carbonyl (C=O) groups excluding carboxylic acids is 1. The molecule has 0 saturated carbocycles. The summed E-state index contributed by atoms with van der Waals surface area (Å²) in [6.45, 7) is 7.51. The Balaban J connectivity index is 1.66. The van der Waals surface area contributed by atoms with Crippen molar-refractivity contribution in [2.24, 2.45) is 0 Å². The summed E-state index contributed by atoms with van der Waals surface area (Å²) in [5.41, 5.74) is 1.09. The quantitative estimate of drug-likeness (QED) is 0.498. The fourth-order valence-electron chi connectivity index (χ4n) is 3.24. The van der Waals surface area contributed by atoms with Crippen molar-refractivity contribution < 1.29 is 9.53 Å². The summed E-state index contributed by atoms with van der Waals surface area (Å²) in [5.74, 6) is 0. The Bertz CT molecular complexity index is 1120. The van der Waals surface area contributed by atoms with Crippen LogP contribution >= 0.6 is 11.6 Å². The van der Waals surface area contributed by atoms with E-state index in [-0.39, 0.29) is 5.56 Å². The normalized spacial score (nSPS) is 11.5. The number of rotatable bonds is 8. The second-order valence-electron chi connectivity index (χ2n) is 8.54. The third kappa shape index (κ3) is 6.80. The number of nitrogens with one attached hydrogen (secondary N) is 2. The van der Waals surface area contributed by atoms with E-state index in [0.29, 0.717) is 36.6 Å². The maximum Gasteiger partial charge on any atom is 0.407 e. The first-order valence-electron chi connectivity index (χ1n) is 10.6. The molecule has 8 heteroatoms. The summed E-state index contributed by atoms with van der Waals surface area (Å²) >= 11 is 6.18. The Morgan fingerprint density at radius 2 is 1.84 bits per heavy atom. The standard InChI is InChI=1S/C24H29ClN4O3/c1-24(2,3)32-23(31)27-13-7-12-26-15-21-20-14-18(25)10-11-19(20)22(30)29(28-21)16-17-8-5-4-6-9-17/h4-6,8-11,14,26H,7,12-13,15-16H2,1-3H3,(H,27,31). The van der Waals surface area contributed by atoms with Crippen LogP contribution in [0.1, 0.15) is 38.4 Å². The minimum Gasteiger partial charge on any atom is -0.444 e. The molecule has 170 valence electrons. The Kier molecular flexibility index (Phi) is 7.88. The lowest BCUT2D eigenvalue weighted by atomic mass is 10.1. The van der Waals surface area contributed by atoms with Crippen LogP contribution < -0.4 is 16.2 Å². The van der Waals surface area contributed by atoms with Crippen LogP contribution in [-0.4, -0.2) is 34.6 Å². The van der Waals surface area contributed by atoms with Gasteiger partial charge in [-0.1, -0.05) is 41.9 Å². The largest absolute Gasteiger partial charge is 0.444 e. The van der Waals surface area contributed by atoms with Crippen LogP contribution in [0, 0.1) is 0 Å². The average molecular weight is 457 g/mol. The molecule has 3 aromatic rings. The molecule has 0 bridgehead atoms. The SMILES string of the molecule is CC(C)(C)OC(=O)NCCCNCc1nn(Cc2ccccc2)c(=O)c2ccc(Cl)cc12. The molecule has 0 atom stereocenters. The van der Waals surface area contributed by atoms with Gasteiger partial charge in [0, 0.05) is 23.5 Å². The highest BCUT2D eigenvalue weighted by molar-refractivity contribution is 6.31. The van der Waals surface area contributed by atoms with Crippen molar-refractivity contribution in [2.45, 2.75) is 45.9 Å². The molecule has 0 aliphatic heterocycles. The Hall–Kier alpha value is -2.90. The van der Waals surface area contributed by atoms with Gasteiger partial charge in [0.15, 0.2) is 0 Å². The van der Waals surface area contributed by atoms with Gasteiger partial charge in [-0.15, -0.1) is 0 Å². The Morgan fingerprint density at radius 1 is 1.09 bits per heavy atom. The van der Waals surface area contributed by atoms with E-state index in [9.17, 15) is 9.59 Å². The van der Waals surface area contributed by atoms with Gasteiger partial charge in [-0.25, -0.2) is 9.48 Å². The fourth-order valence-corrected chi connectivity index (χ4v) is 3.42. The first-order valence-corrected chi connectivity index (χ1v) is 11.0. The van der Waals surface area contributed by atoms with Crippen LogP contribution in [-0.2, 0) is 17.8 Å². The predicted molar refractivity (Wildman–Crippen MR) is 127 cm³/mol. The molecule has 0 aliphatic carbocycles. The van der Waals surface area contributed by atoms with Crippen LogP contribution in [0.25, 0.3) is 10.8 Å². The van der Waals surface area contributed by atoms with Crippen molar-refractivity contribution in [3.05, 3.63) is 75.2 Å². The lowest BCUT2D eigenvalue weighted by Gasteiger charge is -2.19. The lowest BCUT2D eigenvalue weighted by molar-refractivity contribution is 0.0527. The summed E-state index contributed by atoms with van der Waals surface area (Å²) in [6, 6.07) is 15.0. The first-order chi connectivity index (χ1) is 15.2. The molecule has 32 heavy (non-hydrogen) atoms. The number of ether oxygens (including phenoxy) is 1. The van der Waals surface area contributed by atoms with E-state index in [1.54, 1.807) is 18.2 Å². The van der Waals surface area contributed by atoms with Gasteiger partial charge in [-0.3, -0.25) is 4.79 Å². The highest BCUT2D eigenvalue weighted by atomic mass is 35.5. The smallest absolute Gasteiger partial charge is 0.407 e. The Morgan fingerprint density at radius 3 is 2.56 bits per heavy atom. The zero-order chi connectivity index (χ0) is 23.1. The van der Waals surface area contributed by atoms with E-state index in [0.717, 1.165) is 23.1 Å². The van der Waals surface area contributed by atoms with Gasteiger partial charge in [0.2, 0.25) is 0 Å². The molecule has 0 aliphatic rings. The van der Waals surface area contributed by atoms with E-state index in [2.05, 4.69) is 15.7 Å². The number of fused-ring (bicyclic) bond motifs is 1. The molecule has 1 aromatic heterocycles. The average Bonchev–Trinajstić information content (AvgIpc) is 2.73. The van der Waals surface area contributed by atoms with Crippen molar-refractivity contribution in [3.63, 3.8) is 0 Å². The number of hydrogen-bond acceptors (Lipinski definition) is 5. The molecule has 3 rings (SSSR count). The summed E-state index contributed by atoms with van der Waals surface area (Å²) in [6.07, 6.45) is 0.300. The fraction of sp³-hybridized carbons (Fsp3) is 0.375. The van der Waals surface area contributed by atoms with E-state index in [1.807, 2.05) is 51.1 Å². The number of halogens is 1. The van der Waals surface area contributed by atoms with Crippen LogP contribution in [0.2, 0.25) is 5.02 Å². The number of amides is 1. The van der Waals surface area contributed by atoms with Crippen molar-refractivity contribution in [1.82, 2.24) is 20.4 Å². The zero-order valence-electron chi connectivity index (χ0n) is 18.7. The van der Waals surface area contributed by atoms with Crippen LogP contribution in [0.3, 0.4) is 0 Å². The molecule has 0 radical (unpaired) electrons. The van der Waals surface area contributed by atoms with E-state index in [4.69, 9.17) is 16.3 Å². The number of aromatic nitrogens is 2. The number of benzene rings is 2. The van der Waals surface area contributed by atoms with Crippen LogP contribution in [0.4, 0.5) is 4.79 Å². The van der Waals surface area contributed by atoms with Crippen LogP contribution in [0.5, 0.6) is 0 Å². The van der Waals surface area contributed by atoms with Crippen molar-refractivity contribution >= 4 is 28.5 Å². The second-order valence-corrected chi connectivity index (χ2v) is 8.98. The minimum absolute atomic E-state index is 0.147. The highest BCUT2D eigenvalue weighted by Crippen LogP contribution is 2.19. The number of hydrogen-bond donors (Lipinski definition) is 2. The van der Waals surface area contributed by atoms with Crippen molar-refractivity contribution in [2.75, 3.05) is 13.1 Å². The minimum atomic E-state index is -0.515. The maximum absolute atomic E-state index is 13.0. The molecule has 2 aromatic carbocycles. The van der Waals surface area contributed by atoms with Gasteiger partial charge >= 0.3 is 6.09 Å². The summed E-state index contributed by atoms with van der Waals surface area (Å²) in [4.78, 5) is 24.7. The monoisotopic (exact) mass is 456 g/mol. The molecule has 1 heterocycles. The van der Waals surface area contributed by atoms with Gasteiger partial charge in [0.05, 0.1) is 17.6 Å². The molecule has 0 saturated heterocycles. The zero-order valence-corrected chi connectivity index (χ0v) is 19.4. The van der Waals surface area contributed by atoms with Crippen LogP contribution in [0.15, 0.2) is 53.3 Å². The summed E-state index contributed by atoms with van der Waals surface area (Å²) < 4.78 is 6.71. The van der Waals surface area contributed by atoms with Gasteiger partial charge < -0.3 is 15.4 Å². The van der Waals surface area contributed by atoms with Gasteiger partial charge in [0.25, 0.3) is 5.56 Å². The lowest BCUT2D eigenvalue weighted by Crippen LogP contribution is -2.34. The Labute approximate surface area is 192 Å². The van der Waals surface area contributed by atoms with Gasteiger partial charge in [-0.2, -0.15) is 5.10 Å². The first kappa shape index (κ1) is 23.8. The van der Waals surface area contributed by atoms with Crippen molar-refractivity contribution in [1.29, 1.82) is 0 Å². The molecular weight excluding hydrogens is 428 g/mol. The topological polar surface area (TPSA) is 85.2 Å². The molecule has 7 nitrogen and oxygen atoms in total.